The molecule has 0 radical (unpaired) electrons. The number of nitrogens with zero attached hydrogens (tertiary/aromatic N) is 2. The van der Waals surface area contributed by atoms with Crippen molar-refractivity contribution in [2.45, 2.75) is 32.2 Å². The molecule has 1 rings (SSSR count). The van der Waals surface area contributed by atoms with Gasteiger partial charge in [0.05, 0.1) is 13.0 Å². The molecule has 1 saturated heterocycles. The second kappa shape index (κ2) is 6.96. The summed E-state index contributed by atoms with van der Waals surface area (Å²) >= 11 is 0. The second-order valence-electron chi connectivity index (χ2n) is 4.45. The lowest BCUT2D eigenvalue weighted by Gasteiger charge is -2.28. The molecule has 7 nitrogen and oxygen atoms in total. The molecule has 0 aliphatic carbocycles. The SMILES string of the molecule is CCOC(=O)C1CCCN1C(=O)N(C)CCC(=O)O. The highest BCUT2D eigenvalue weighted by Gasteiger charge is 2.36. The van der Waals surface area contributed by atoms with Gasteiger partial charge in [0.1, 0.15) is 6.04 Å². The Morgan fingerprint density at radius 1 is 1.42 bits per heavy atom. The van der Waals surface area contributed by atoms with E-state index in [2.05, 4.69) is 0 Å². The van der Waals surface area contributed by atoms with Gasteiger partial charge in [0.25, 0.3) is 0 Å². The highest BCUT2D eigenvalue weighted by Crippen LogP contribution is 2.20. The number of esters is 1. The fourth-order valence-electron chi connectivity index (χ4n) is 2.06. The van der Waals surface area contributed by atoms with E-state index in [1.54, 1.807) is 6.92 Å². The first-order chi connectivity index (χ1) is 8.97. The summed E-state index contributed by atoms with van der Waals surface area (Å²) in [4.78, 5) is 37.1. The molecule has 0 spiro atoms. The molecule has 0 aromatic carbocycles. The van der Waals surface area contributed by atoms with E-state index in [1.165, 1.54) is 16.8 Å². The molecule has 1 fully saturated rings. The number of amides is 2. The van der Waals surface area contributed by atoms with E-state index in [-0.39, 0.29) is 31.6 Å². The van der Waals surface area contributed by atoms with Crippen LogP contribution in [0.5, 0.6) is 0 Å². The summed E-state index contributed by atoms with van der Waals surface area (Å²) in [6, 6.07) is -0.864. The van der Waals surface area contributed by atoms with Gasteiger partial charge < -0.3 is 19.6 Å². The molecule has 2 amide bonds. The Morgan fingerprint density at radius 3 is 2.68 bits per heavy atom. The van der Waals surface area contributed by atoms with Crippen LogP contribution in [0.3, 0.4) is 0 Å². The van der Waals surface area contributed by atoms with Gasteiger partial charge in [-0.2, -0.15) is 0 Å². The molecule has 1 N–H and O–H groups in total. The first kappa shape index (κ1) is 15.3. The number of aliphatic carboxylic acids is 1. The molecule has 1 aliphatic heterocycles. The molecular weight excluding hydrogens is 252 g/mol. The summed E-state index contributed by atoms with van der Waals surface area (Å²) in [6.45, 7) is 2.63. The van der Waals surface area contributed by atoms with Crippen LogP contribution in [0.25, 0.3) is 0 Å². The third-order valence-electron chi connectivity index (χ3n) is 3.04. The molecule has 1 unspecified atom stereocenters. The van der Waals surface area contributed by atoms with Crippen molar-refractivity contribution in [2.24, 2.45) is 0 Å². The van der Waals surface area contributed by atoms with Crippen molar-refractivity contribution < 1.29 is 24.2 Å². The standard InChI is InChI=1S/C12H20N2O5/c1-3-19-11(17)9-5-4-7-14(9)12(18)13(2)8-6-10(15)16/h9H,3-8H2,1-2H3,(H,15,16). The van der Waals surface area contributed by atoms with E-state index in [1.807, 2.05) is 0 Å². The Kier molecular flexibility index (Phi) is 5.59. The van der Waals surface area contributed by atoms with E-state index < -0.39 is 12.0 Å². The highest BCUT2D eigenvalue weighted by atomic mass is 16.5. The number of rotatable bonds is 5. The van der Waals surface area contributed by atoms with Gasteiger partial charge in [-0.25, -0.2) is 9.59 Å². The maximum atomic E-state index is 12.1. The normalized spacial score (nSPS) is 18.2. The summed E-state index contributed by atoms with van der Waals surface area (Å²) < 4.78 is 4.94. The predicted octanol–water partition coefficient (Wildman–Crippen LogP) is 0.540. The number of carboxylic acid groups (broad SMARTS) is 1. The van der Waals surface area contributed by atoms with Gasteiger partial charge in [-0.1, -0.05) is 0 Å². The topological polar surface area (TPSA) is 87.2 Å². The third kappa shape index (κ3) is 4.11. The summed E-state index contributed by atoms with van der Waals surface area (Å²) in [5.74, 6) is -1.34. The van der Waals surface area contributed by atoms with Crippen LogP contribution in [-0.2, 0) is 14.3 Å². The van der Waals surface area contributed by atoms with Gasteiger partial charge in [-0.15, -0.1) is 0 Å². The Hall–Kier alpha value is -1.79. The number of urea groups is 1. The minimum atomic E-state index is -0.956. The number of carboxylic acids is 1. The van der Waals surface area contributed by atoms with Crippen molar-refractivity contribution >= 4 is 18.0 Å². The zero-order chi connectivity index (χ0) is 14.4. The zero-order valence-corrected chi connectivity index (χ0v) is 11.3. The number of hydrogen-bond donors (Lipinski definition) is 1. The molecule has 19 heavy (non-hydrogen) atoms. The Labute approximate surface area is 112 Å². The van der Waals surface area contributed by atoms with Crippen molar-refractivity contribution in [2.75, 3.05) is 26.7 Å². The van der Waals surface area contributed by atoms with E-state index in [9.17, 15) is 14.4 Å². The highest BCUT2D eigenvalue weighted by molar-refractivity contribution is 5.84. The maximum absolute atomic E-state index is 12.1. The summed E-state index contributed by atoms with van der Waals surface area (Å²) in [6.07, 6.45) is 1.24. The molecule has 7 heteroatoms. The molecule has 1 aliphatic rings. The van der Waals surface area contributed by atoms with Crippen LogP contribution in [0, 0.1) is 0 Å². The predicted molar refractivity (Wildman–Crippen MR) is 66.6 cm³/mol. The average molecular weight is 272 g/mol. The fraction of sp³-hybridized carbons (Fsp3) is 0.750. The Balaban J connectivity index is 2.59. The van der Waals surface area contributed by atoms with Crippen LogP contribution in [0.15, 0.2) is 0 Å². The molecule has 108 valence electrons. The van der Waals surface area contributed by atoms with Crippen LogP contribution in [0.2, 0.25) is 0 Å². The number of carbonyl (C=O) groups excluding carboxylic acids is 2. The summed E-state index contributed by atoms with van der Waals surface area (Å²) in [7, 11) is 1.53. The molecule has 0 bridgehead atoms. The van der Waals surface area contributed by atoms with Crippen molar-refractivity contribution in [1.82, 2.24) is 9.80 Å². The third-order valence-corrected chi connectivity index (χ3v) is 3.04. The van der Waals surface area contributed by atoms with Crippen LogP contribution in [0.4, 0.5) is 4.79 Å². The Morgan fingerprint density at radius 2 is 2.11 bits per heavy atom. The first-order valence-electron chi connectivity index (χ1n) is 6.37. The molecule has 0 aromatic heterocycles. The van der Waals surface area contributed by atoms with Gasteiger partial charge in [0.15, 0.2) is 0 Å². The monoisotopic (exact) mass is 272 g/mol. The number of carbonyl (C=O) groups is 3. The molecule has 1 heterocycles. The largest absolute Gasteiger partial charge is 0.481 e. The van der Waals surface area contributed by atoms with E-state index in [4.69, 9.17) is 9.84 Å². The summed E-state index contributed by atoms with van der Waals surface area (Å²) in [5.41, 5.74) is 0. The van der Waals surface area contributed by atoms with E-state index >= 15 is 0 Å². The van der Waals surface area contributed by atoms with Gasteiger partial charge in [0.2, 0.25) is 0 Å². The molecule has 0 aromatic rings. The van der Waals surface area contributed by atoms with Gasteiger partial charge in [0, 0.05) is 20.1 Å². The smallest absolute Gasteiger partial charge is 0.328 e. The number of likely N-dealkylation sites (tertiary alicyclic amines) is 1. The molecule has 0 saturated carbocycles. The lowest BCUT2D eigenvalue weighted by molar-refractivity contribution is -0.147. The lowest BCUT2D eigenvalue weighted by atomic mass is 10.2. The zero-order valence-electron chi connectivity index (χ0n) is 11.3. The van der Waals surface area contributed by atoms with E-state index in [0.717, 1.165) is 6.42 Å². The van der Waals surface area contributed by atoms with Crippen molar-refractivity contribution in [1.29, 1.82) is 0 Å². The van der Waals surface area contributed by atoms with Crippen LogP contribution in [0.1, 0.15) is 26.2 Å². The number of hydrogen-bond acceptors (Lipinski definition) is 4. The minimum absolute atomic E-state index is 0.111. The van der Waals surface area contributed by atoms with Gasteiger partial charge in [-0.05, 0) is 19.8 Å². The van der Waals surface area contributed by atoms with Crippen LogP contribution >= 0.6 is 0 Å². The van der Waals surface area contributed by atoms with Crippen LogP contribution < -0.4 is 0 Å². The van der Waals surface area contributed by atoms with Gasteiger partial charge in [-0.3, -0.25) is 4.79 Å². The Bertz CT molecular complexity index is 358. The lowest BCUT2D eigenvalue weighted by Crippen LogP contribution is -2.47. The average Bonchev–Trinajstić information content (AvgIpc) is 2.84. The van der Waals surface area contributed by atoms with Crippen molar-refractivity contribution in [3.63, 3.8) is 0 Å². The first-order valence-corrected chi connectivity index (χ1v) is 6.37. The minimum Gasteiger partial charge on any atom is -0.481 e. The molecular formula is C12H20N2O5. The fourth-order valence-corrected chi connectivity index (χ4v) is 2.06. The van der Waals surface area contributed by atoms with Crippen molar-refractivity contribution in [3.8, 4) is 0 Å². The molecule has 1 atom stereocenters. The summed E-state index contributed by atoms with van der Waals surface area (Å²) in [5, 5.41) is 8.59. The van der Waals surface area contributed by atoms with E-state index in [0.29, 0.717) is 13.0 Å². The quantitative estimate of drug-likeness (QED) is 0.738. The van der Waals surface area contributed by atoms with Gasteiger partial charge >= 0.3 is 18.0 Å². The van der Waals surface area contributed by atoms with Crippen LogP contribution in [-0.4, -0.2) is 65.7 Å². The van der Waals surface area contributed by atoms with Crippen molar-refractivity contribution in [3.05, 3.63) is 0 Å². The number of ether oxygens (including phenoxy) is 1. The maximum Gasteiger partial charge on any atom is 0.328 e. The second-order valence-corrected chi connectivity index (χ2v) is 4.45.